The summed E-state index contributed by atoms with van der Waals surface area (Å²) in [6, 6.07) is 10.9. The van der Waals surface area contributed by atoms with Crippen LogP contribution in [0.15, 0.2) is 41.1 Å². The van der Waals surface area contributed by atoms with Gasteiger partial charge in [0, 0.05) is 12.6 Å². The van der Waals surface area contributed by atoms with E-state index in [0.717, 1.165) is 12.0 Å². The molecule has 1 heterocycles. The van der Waals surface area contributed by atoms with E-state index in [1.165, 1.54) is 11.1 Å². The molecular formula is C16H21NOS. The van der Waals surface area contributed by atoms with Gasteiger partial charge in [0.15, 0.2) is 0 Å². The van der Waals surface area contributed by atoms with Crippen molar-refractivity contribution in [2.45, 2.75) is 32.4 Å². The van der Waals surface area contributed by atoms with Crippen LogP contribution in [0.5, 0.6) is 0 Å². The predicted octanol–water partition coefficient (Wildman–Crippen LogP) is 3.69. The lowest BCUT2D eigenvalue weighted by atomic mass is 10.0. The standard InChI is InChI=1S/C16H21NOS/c1-3-13-4-6-14(7-5-13)12(2)17-10-16(18)15-8-9-19-11-15/h4-9,11-12,16-18H,3,10H2,1-2H3. The summed E-state index contributed by atoms with van der Waals surface area (Å²) >= 11 is 1.61. The Morgan fingerprint density at radius 1 is 1.16 bits per heavy atom. The first kappa shape index (κ1) is 14.3. The van der Waals surface area contributed by atoms with E-state index in [4.69, 9.17) is 0 Å². The summed E-state index contributed by atoms with van der Waals surface area (Å²) in [5.41, 5.74) is 3.61. The monoisotopic (exact) mass is 275 g/mol. The number of aliphatic hydroxyl groups excluding tert-OH is 1. The average molecular weight is 275 g/mol. The molecule has 0 amide bonds. The van der Waals surface area contributed by atoms with Gasteiger partial charge in [0.05, 0.1) is 6.10 Å². The van der Waals surface area contributed by atoms with E-state index in [9.17, 15) is 5.11 Å². The van der Waals surface area contributed by atoms with Gasteiger partial charge in [-0.2, -0.15) is 11.3 Å². The lowest BCUT2D eigenvalue weighted by Gasteiger charge is -2.17. The van der Waals surface area contributed by atoms with E-state index in [1.54, 1.807) is 11.3 Å². The SMILES string of the molecule is CCc1ccc(C(C)NCC(O)c2ccsc2)cc1. The third kappa shape index (κ3) is 3.90. The average Bonchev–Trinajstić information content (AvgIpc) is 2.98. The molecule has 0 spiro atoms. The highest BCUT2D eigenvalue weighted by atomic mass is 32.1. The normalized spacial score (nSPS) is 14.3. The molecule has 0 saturated heterocycles. The summed E-state index contributed by atoms with van der Waals surface area (Å²) < 4.78 is 0. The first-order valence-electron chi connectivity index (χ1n) is 6.73. The van der Waals surface area contributed by atoms with Crippen LogP contribution in [-0.2, 0) is 6.42 Å². The third-order valence-corrected chi connectivity index (χ3v) is 4.13. The Morgan fingerprint density at radius 3 is 2.47 bits per heavy atom. The van der Waals surface area contributed by atoms with E-state index in [2.05, 4.69) is 43.4 Å². The molecule has 0 bridgehead atoms. The molecule has 2 N–H and O–H groups in total. The van der Waals surface area contributed by atoms with E-state index in [0.29, 0.717) is 6.54 Å². The first-order chi connectivity index (χ1) is 9.20. The summed E-state index contributed by atoms with van der Waals surface area (Å²) in [6.07, 6.45) is 0.641. The van der Waals surface area contributed by atoms with E-state index in [1.807, 2.05) is 16.8 Å². The van der Waals surface area contributed by atoms with Crippen molar-refractivity contribution in [1.29, 1.82) is 0 Å². The number of hydrogen-bond acceptors (Lipinski definition) is 3. The molecule has 0 aliphatic rings. The Hall–Kier alpha value is -1.16. The number of aryl methyl sites for hydroxylation is 1. The topological polar surface area (TPSA) is 32.3 Å². The summed E-state index contributed by atoms with van der Waals surface area (Å²) in [4.78, 5) is 0. The van der Waals surface area contributed by atoms with Gasteiger partial charge in [-0.15, -0.1) is 0 Å². The van der Waals surface area contributed by atoms with E-state index < -0.39 is 6.10 Å². The molecule has 102 valence electrons. The van der Waals surface area contributed by atoms with Gasteiger partial charge in [-0.3, -0.25) is 0 Å². The van der Waals surface area contributed by atoms with Crippen molar-refractivity contribution in [1.82, 2.24) is 5.32 Å². The molecule has 2 atom stereocenters. The lowest BCUT2D eigenvalue weighted by molar-refractivity contribution is 0.171. The molecule has 0 fully saturated rings. The number of aliphatic hydroxyl groups is 1. The molecular weight excluding hydrogens is 254 g/mol. The Balaban J connectivity index is 1.88. The maximum absolute atomic E-state index is 10.0. The van der Waals surface area contributed by atoms with Crippen molar-refractivity contribution in [2.75, 3.05) is 6.54 Å². The molecule has 2 aromatic rings. The smallest absolute Gasteiger partial charge is 0.0922 e. The predicted molar refractivity (Wildman–Crippen MR) is 81.5 cm³/mol. The molecule has 2 unspecified atom stereocenters. The van der Waals surface area contributed by atoms with Gasteiger partial charge < -0.3 is 10.4 Å². The van der Waals surface area contributed by atoms with Crippen molar-refractivity contribution in [3.63, 3.8) is 0 Å². The first-order valence-corrected chi connectivity index (χ1v) is 7.67. The minimum absolute atomic E-state index is 0.249. The molecule has 0 aliphatic heterocycles. The van der Waals surface area contributed by atoms with Crippen LogP contribution in [0.4, 0.5) is 0 Å². The highest BCUT2D eigenvalue weighted by Crippen LogP contribution is 2.18. The molecule has 0 aliphatic carbocycles. The molecule has 0 radical (unpaired) electrons. The van der Waals surface area contributed by atoms with Gasteiger partial charge in [-0.05, 0) is 46.9 Å². The molecule has 0 saturated carbocycles. The molecule has 3 heteroatoms. The summed E-state index contributed by atoms with van der Waals surface area (Å²) in [5.74, 6) is 0. The largest absolute Gasteiger partial charge is 0.387 e. The maximum Gasteiger partial charge on any atom is 0.0922 e. The molecule has 1 aromatic heterocycles. The van der Waals surface area contributed by atoms with E-state index >= 15 is 0 Å². The Kier molecular flexibility index (Phi) is 5.14. The van der Waals surface area contributed by atoms with Crippen LogP contribution in [0.2, 0.25) is 0 Å². The van der Waals surface area contributed by atoms with Crippen LogP contribution in [0.3, 0.4) is 0 Å². The Bertz CT molecular complexity index is 478. The van der Waals surface area contributed by atoms with Crippen LogP contribution < -0.4 is 5.32 Å². The molecule has 1 aromatic carbocycles. The Morgan fingerprint density at radius 2 is 1.89 bits per heavy atom. The number of nitrogens with one attached hydrogen (secondary N) is 1. The van der Waals surface area contributed by atoms with Crippen LogP contribution in [0.25, 0.3) is 0 Å². The highest BCUT2D eigenvalue weighted by molar-refractivity contribution is 7.07. The third-order valence-electron chi connectivity index (χ3n) is 3.43. The van der Waals surface area contributed by atoms with Gasteiger partial charge in [0.2, 0.25) is 0 Å². The second-order valence-corrected chi connectivity index (χ2v) is 5.58. The van der Waals surface area contributed by atoms with Crippen LogP contribution in [-0.4, -0.2) is 11.7 Å². The van der Waals surface area contributed by atoms with Crippen molar-refractivity contribution in [3.8, 4) is 0 Å². The fraction of sp³-hybridized carbons (Fsp3) is 0.375. The van der Waals surface area contributed by atoms with Gasteiger partial charge in [0.25, 0.3) is 0 Å². The van der Waals surface area contributed by atoms with Crippen molar-refractivity contribution in [3.05, 3.63) is 57.8 Å². The van der Waals surface area contributed by atoms with Crippen molar-refractivity contribution < 1.29 is 5.11 Å². The van der Waals surface area contributed by atoms with Gasteiger partial charge >= 0.3 is 0 Å². The van der Waals surface area contributed by atoms with Gasteiger partial charge in [-0.25, -0.2) is 0 Å². The summed E-state index contributed by atoms with van der Waals surface area (Å²) in [5, 5.41) is 17.4. The summed E-state index contributed by atoms with van der Waals surface area (Å²) in [7, 11) is 0. The lowest BCUT2D eigenvalue weighted by Crippen LogP contribution is -2.24. The zero-order valence-corrected chi connectivity index (χ0v) is 12.3. The van der Waals surface area contributed by atoms with Crippen molar-refractivity contribution in [2.24, 2.45) is 0 Å². The second kappa shape index (κ2) is 6.85. The van der Waals surface area contributed by atoms with Crippen LogP contribution >= 0.6 is 11.3 Å². The number of benzene rings is 1. The van der Waals surface area contributed by atoms with Gasteiger partial charge in [-0.1, -0.05) is 31.2 Å². The second-order valence-electron chi connectivity index (χ2n) is 4.80. The maximum atomic E-state index is 10.0. The number of hydrogen-bond donors (Lipinski definition) is 2. The van der Waals surface area contributed by atoms with Gasteiger partial charge in [0.1, 0.15) is 0 Å². The van der Waals surface area contributed by atoms with Crippen molar-refractivity contribution >= 4 is 11.3 Å². The highest BCUT2D eigenvalue weighted by Gasteiger charge is 2.10. The fourth-order valence-corrected chi connectivity index (χ4v) is 2.74. The molecule has 2 rings (SSSR count). The minimum atomic E-state index is -0.427. The fourth-order valence-electron chi connectivity index (χ4n) is 2.03. The number of rotatable bonds is 6. The zero-order chi connectivity index (χ0) is 13.7. The number of thiophene rings is 1. The van der Waals surface area contributed by atoms with Crippen LogP contribution in [0.1, 0.15) is 42.7 Å². The summed E-state index contributed by atoms with van der Waals surface area (Å²) in [6.45, 7) is 4.86. The quantitative estimate of drug-likeness (QED) is 0.842. The zero-order valence-electron chi connectivity index (χ0n) is 11.5. The van der Waals surface area contributed by atoms with E-state index in [-0.39, 0.29) is 6.04 Å². The minimum Gasteiger partial charge on any atom is -0.387 e. The molecule has 19 heavy (non-hydrogen) atoms. The Labute approximate surface area is 119 Å². The van der Waals surface area contributed by atoms with Crippen LogP contribution in [0, 0.1) is 0 Å². The molecule has 2 nitrogen and oxygen atoms in total.